The molecule has 0 radical (unpaired) electrons. The fourth-order valence-electron chi connectivity index (χ4n) is 1.31. The summed E-state index contributed by atoms with van der Waals surface area (Å²) in [4.78, 5) is 23.3. The van der Waals surface area contributed by atoms with Crippen LogP contribution in [0.3, 0.4) is 0 Å². The van der Waals surface area contributed by atoms with Crippen LogP contribution in [-0.2, 0) is 4.74 Å². The van der Waals surface area contributed by atoms with Gasteiger partial charge in [0.25, 0.3) is 0 Å². The standard InChI is InChI=1S/C13H9BrO3S/c14-11-3-1-9(2-4-11)12(15)7-17-13(16)10-5-6-18-8-10/h1-6,8H,7H2. The Bertz CT molecular complexity index is 546. The van der Waals surface area contributed by atoms with Crippen molar-refractivity contribution in [3.63, 3.8) is 0 Å². The van der Waals surface area contributed by atoms with Crippen molar-refractivity contribution in [2.75, 3.05) is 6.61 Å². The lowest BCUT2D eigenvalue weighted by Crippen LogP contribution is -2.13. The van der Waals surface area contributed by atoms with Crippen molar-refractivity contribution in [2.45, 2.75) is 0 Å². The Hall–Kier alpha value is -1.46. The normalized spacial score (nSPS) is 10.1. The molecule has 0 saturated carbocycles. The van der Waals surface area contributed by atoms with Crippen molar-refractivity contribution in [3.05, 3.63) is 56.7 Å². The Morgan fingerprint density at radius 3 is 2.44 bits per heavy atom. The van der Waals surface area contributed by atoms with Crippen LogP contribution in [0.15, 0.2) is 45.6 Å². The second-order valence-electron chi connectivity index (χ2n) is 3.52. The van der Waals surface area contributed by atoms with E-state index in [4.69, 9.17) is 4.74 Å². The third kappa shape index (κ3) is 3.27. The summed E-state index contributed by atoms with van der Waals surface area (Å²) in [6, 6.07) is 8.58. The molecule has 5 heteroatoms. The summed E-state index contributed by atoms with van der Waals surface area (Å²) in [7, 11) is 0. The second-order valence-corrected chi connectivity index (χ2v) is 5.21. The van der Waals surface area contributed by atoms with Gasteiger partial charge in [0, 0.05) is 15.4 Å². The van der Waals surface area contributed by atoms with Gasteiger partial charge in [-0.1, -0.05) is 28.1 Å². The predicted molar refractivity (Wildman–Crippen MR) is 73.1 cm³/mol. The van der Waals surface area contributed by atoms with Crippen molar-refractivity contribution >= 4 is 39.0 Å². The monoisotopic (exact) mass is 324 g/mol. The number of ketones is 1. The molecular weight excluding hydrogens is 316 g/mol. The summed E-state index contributed by atoms with van der Waals surface area (Å²) in [5.74, 6) is -0.687. The van der Waals surface area contributed by atoms with Gasteiger partial charge in [-0.05, 0) is 23.6 Å². The number of thiophene rings is 1. The number of hydrogen-bond acceptors (Lipinski definition) is 4. The summed E-state index contributed by atoms with van der Waals surface area (Å²) in [6.07, 6.45) is 0. The fourth-order valence-corrected chi connectivity index (χ4v) is 2.20. The molecule has 0 fully saturated rings. The Labute approximate surface area is 117 Å². The molecule has 18 heavy (non-hydrogen) atoms. The van der Waals surface area contributed by atoms with Gasteiger partial charge in [0.1, 0.15) is 0 Å². The molecule has 0 unspecified atom stereocenters. The van der Waals surface area contributed by atoms with E-state index in [1.807, 2.05) is 0 Å². The van der Waals surface area contributed by atoms with Crippen LogP contribution in [-0.4, -0.2) is 18.4 Å². The van der Waals surface area contributed by atoms with Gasteiger partial charge in [-0.3, -0.25) is 4.79 Å². The quantitative estimate of drug-likeness (QED) is 0.638. The highest BCUT2D eigenvalue weighted by Crippen LogP contribution is 2.12. The van der Waals surface area contributed by atoms with Gasteiger partial charge in [-0.25, -0.2) is 4.79 Å². The highest BCUT2D eigenvalue weighted by molar-refractivity contribution is 9.10. The van der Waals surface area contributed by atoms with Crippen molar-refractivity contribution in [1.29, 1.82) is 0 Å². The molecule has 2 rings (SSSR count). The van der Waals surface area contributed by atoms with E-state index in [0.29, 0.717) is 11.1 Å². The van der Waals surface area contributed by atoms with E-state index in [0.717, 1.165) is 4.47 Å². The largest absolute Gasteiger partial charge is 0.454 e. The summed E-state index contributed by atoms with van der Waals surface area (Å²) >= 11 is 4.70. The molecule has 1 aromatic heterocycles. The van der Waals surface area contributed by atoms with Crippen molar-refractivity contribution in [1.82, 2.24) is 0 Å². The summed E-state index contributed by atoms with van der Waals surface area (Å²) in [5.41, 5.74) is 1.000. The first kappa shape index (κ1) is 13.0. The lowest BCUT2D eigenvalue weighted by Gasteiger charge is -2.03. The molecule has 0 atom stereocenters. The van der Waals surface area contributed by atoms with Gasteiger partial charge in [-0.2, -0.15) is 11.3 Å². The minimum Gasteiger partial charge on any atom is -0.454 e. The van der Waals surface area contributed by atoms with Crippen LogP contribution in [0.25, 0.3) is 0 Å². The van der Waals surface area contributed by atoms with E-state index in [2.05, 4.69) is 15.9 Å². The molecule has 3 nitrogen and oxygen atoms in total. The first-order valence-electron chi connectivity index (χ1n) is 5.15. The third-order valence-electron chi connectivity index (χ3n) is 2.26. The van der Waals surface area contributed by atoms with Crippen LogP contribution in [0.4, 0.5) is 0 Å². The minimum atomic E-state index is -0.471. The summed E-state index contributed by atoms with van der Waals surface area (Å²) in [6.45, 7) is -0.240. The van der Waals surface area contributed by atoms with E-state index in [-0.39, 0.29) is 12.4 Å². The summed E-state index contributed by atoms with van der Waals surface area (Å²) < 4.78 is 5.84. The van der Waals surface area contributed by atoms with Crippen molar-refractivity contribution in [2.24, 2.45) is 0 Å². The van der Waals surface area contributed by atoms with Crippen molar-refractivity contribution < 1.29 is 14.3 Å². The molecule has 1 aromatic carbocycles. The van der Waals surface area contributed by atoms with Gasteiger partial charge < -0.3 is 4.74 Å². The number of carbonyl (C=O) groups is 2. The van der Waals surface area contributed by atoms with Crippen LogP contribution in [0.1, 0.15) is 20.7 Å². The van der Waals surface area contributed by atoms with E-state index < -0.39 is 5.97 Å². The fraction of sp³-hybridized carbons (Fsp3) is 0.0769. The van der Waals surface area contributed by atoms with E-state index in [1.54, 1.807) is 41.1 Å². The first-order valence-corrected chi connectivity index (χ1v) is 6.88. The van der Waals surface area contributed by atoms with E-state index in [1.165, 1.54) is 11.3 Å². The topological polar surface area (TPSA) is 43.4 Å². The lowest BCUT2D eigenvalue weighted by atomic mass is 10.1. The zero-order chi connectivity index (χ0) is 13.0. The molecular formula is C13H9BrO3S. The molecule has 0 aliphatic rings. The number of hydrogen-bond donors (Lipinski definition) is 0. The smallest absolute Gasteiger partial charge is 0.339 e. The van der Waals surface area contributed by atoms with Gasteiger partial charge >= 0.3 is 5.97 Å². The molecule has 0 spiro atoms. The zero-order valence-electron chi connectivity index (χ0n) is 9.26. The third-order valence-corrected chi connectivity index (χ3v) is 3.47. The SMILES string of the molecule is O=C(COC(=O)c1ccsc1)c1ccc(Br)cc1. The van der Waals surface area contributed by atoms with Crippen LogP contribution < -0.4 is 0 Å². The molecule has 1 heterocycles. The summed E-state index contributed by atoms with van der Waals surface area (Å²) in [5, 5.41) is 3.47. The Morgan fingerprint density at radius 1 is 1.11 bits per heavy atom. The molecule has 0 bridgehead atoms. The molecule has 0 amide bonds. The number of benzene rings is 1. The highest BCUT2D eigenvalue weighted by atomic mass is 79.9. The zero-order valence-corrected chi connectivity index (χ0v) is 11.7. The van der Waals surface area contributed by atoms with Gasteiger partial charge in [-0.15, -0.1) is 0 Å². The maximum Gasteiger partial charge on any atom is 0.339 e. The number of ether oxygens (including phenoxy) is 1. The average Bonchev–Trinajstić information content (AvgIpc) is 2.90. The van der Waals surface area contributed by atoms with E-state index >= 15 is 0 Å². The van der Waals surface area contributed by atoms with Gasteiger partial charge in [0.2, 0.25) is 0 Å². The molecule has 92 valence electrons. The van der Waals surface area contributed by atoms with Crippen molar-refractivity contribution in [3.8, 4) is 0 Å². The van der Waals surface area contributed by atoms with Crippen LogP contribution in [0.5, 0.6) is 0 Å². The van der Waals surface area contributed by atoms with Crippen LogP contribution >= 0.6 is 27.3 Å². The number of rotatable bonds is 4. The molecule has 0 N–H and O–H groups in total. The predicted octanol–water partition coefficient (Wildman–Crippen LogP) is 3.55. The molecule has 2 aromatic rings. The number of Topliss-reactive ketones (excluding diaryl/α,β-unsaturated/α-hetero) is 1. The maximum absolute atomic E-state index is 11.7. The minimum absolute atomic E-state index is 0.217. The lowest BCUT2D eigenvalue weighted by molar-refractivity contribution is 0.0475. The van der Waals surface area contributed by atoms with Crippen LogP contribution in [0.2, 0.25) is 0 Å². The Kier molecular flexibility index (Phi) is 4.28. The highest BCUT2D eigenvalue weighted by Gasteiger charge is 2.11. The van der Waals surface area contributed by atoms with Gasteiger partial charge in [0.15, 0.2) is 12.4 Å². The molecule has 0 saturated heterocycles. The Morgan fingerprint density at radius 2 is 1.83 bits per heavy atom. The Balaban J connectivity index is 1.92. The number of halogens is 1. The average molecular weight is 325 g/mol. The van der Waals surface area contributed by atoms with E-state index in [9.17, 15) is 9.59 Å². The second kappa shape index (κ2) is 5.93. The van der Waals surface area contributed by atoms with Crippen LogP contribution in [0, 0.1) is 0 Å². The molecule has 0 aliphatic carbocycles. The van der Waals surface area contributed by atoms with Gasteiger partial charge in [0.05, 0.1) is 5.56 Å². The number of carbonyl (C=O) groups excluding carboxylic acids is 2. The number of esters is 1. The molecule has 0 aliphatic heterocycles. The maximum atomic E-state index is 11.7. The first-order chi connectivity index (χ1) is 8.66.